The molecule has 2 aromatic rings. The van der Waals surface area contributed by atoms with E-state index in [1.54, 1.807) is 0 Å². The van der Waals surface area contributed by atoms with E-state index in [1.807, 2.05) is 30.3 Å². The zero-order valence-electron chi connectivity index (χ0n) is 17.3. The fraction of sp³-hybridized carbons (Fsp3) is 0.286. The summed E-state index contributed by atoms with van der Waals surface area (Å²) in [6, 6.07) is 15.1. The van der Waals surface area contributed by atoms with Crippen LogP contribution in [0.4, 0.5) is 5.69 Å². The number of anilines is 1. The Balaban J connectivity index is 1.78. The molecule has 166 valence electrons. The van der Waals surface area contributed by atoms with Crippen LogP contribution in [0, 0.1) is 0 Å². The molecular formula is C21H25N3O6S. The SMILES string of the molecule is CC(=O)Nc1ccc(S(=O)(=O)N(C)CC(=O)OCC(=O)NCCc2ccccc2)cc1. The number of benzene rings is 2. The predicted octanol–water partition coefficient (Wildman–Crippen LogP) is 1.17. The van der Waals surface area contributed by atoms with E-state index in [0.717, 1.165) is 9.87 Å². The number of likely N-dealkylation sites (N-methyl/N-ethyl adjacent to an activating group) is 1. The first-order valence-corrected chi connectivity index (χ1v) is 10.9. The van der Waals surface area contributed by atoms with Crippen molar-refractivity contribution in [3.8, 4) is 0 Å². The molecule has 0 aliphatic heterocycles. The number of sulfonamides is 1. The second kappa shape index (κ2) is 11.2. The van der Waals surface area contributed by atoms with Gasteiger partial charge >= 0.3 is 5.97 Å². The molecule has 2 N–H and O–H groups in total. The second-order valence-electron chi connectivity index (χ2n) is 6.71. The van der Waals surface area contributed by atoms with E-state index >= 15 is 0 Å². The van der Waals surface area contributed by atoms with Gasteiger partial charge in [0, 0.05) is 26.2 Å². The van der Waals surface area contributed by atoms with Crippen molar-refractivity contribution in [2.45, 2.75) is 18.2 Å². The molecule has 0 bridgehead atoms. The van der Waals surface area contributed by atoms with Crippen LogP contribution < -0.4 is 10.6 Å². The standard InChI is InChI=1S/C21H25N3O6S/c1-16(25)23-18-8-10-19(11-9-18)31(28,29)24(2)14-21(27)30-15-20(26)22-13-12-17-6-4-3-5-7-17/h3-11H,12-15H2,1-2H3,(H,22,26)(H,23,25). The largest absolute Gasteiger partial charge is 0.455 e. The average molecular weight is 448 g/mol. The molecule has 31 heavy (non-hydrogen) atoms. The number of hydrogen-bond donors (Lipinski definition) is 2. The summed E-state index contributed by atoms with van der Waals surface area (Å²) < 4.78 is 30.8. The average Bonchev–Trinajstić information content (AvgIpc) is 2.73. The van der Waals surface area contributed by atoms with Gasteiger partial charge in [-0.1, -0.05) is 30.3 Å². The smallest absolute Gasteiger partial charge is 0.321 e. The highest BCUT2D eigenvalue weighted by atomic mass is 32.2. The molecule has 0 heterocycles. The molecular weight excluding hydrogens is 422 g/mol. The van der Waals surface area contributed by atoms with Gasteiger partial charge in [-0.25, -0.2) is 8.42 Å². The normalized spacial score (nSPS) is 11.1. The van der Waals surface area contributed by atoms with Crippen molar-refractivity contribution in [3.63, 3.8) is 0 Å². The number of esters is 1. The lowest BCUT2D eigenvalue weighted by Gasteiger charge is -2.16. The van der Waals surface area contributed by atoms with E-state index in [1.165, 1.54) is 38.2 Å². The Morgan fingerprint density at radius 1 is 1.00 bits per heavy atom. The van der Waals surface area contributed by atoms with E-state index in [0.29, 0.717) is 18.7 Å². The highest BCUT2D eigenvalue weighted by molar-refractivity contribution is 7.89. The summed E-state index contributed by atoms with van der Waals surface area (Å²) in [5.41, 5.74) is 1.52. The minimum absolute atomic E-state index is 0.0458. The van der Waals surface area contributed by atoms with Crippen molar-refractivity contribution in [2.75, 3.05) is 32.1 Å². The molecule has 0 saturated heterocycles. The van der Waals surface area contributed by atoms with Gasteiger partial charge in [-0.05, 0) is 36.2 Å². The fourth-order valence-corrected chi connectivity index (χ4v) is 3.71. The molecule has 2 aromatic carbocycles. The van der Waals surface area contributed by atoms with Gasteiger partial charge < -0.3 is 15.4 Å². The summed E-state index contributed by atoms with van der Waals surface area (Å²) in [7, 11) is -2.71. The molecule has 0 saturated carbocycles. The first-order valence-electron chi connectivity index (χ1n) is 9.48. The van der Waals surface area contributed by atoms with Crippen molar-refractivity contribution in [1.82, 2.24) is 9.62 Å². The number of amides is 2. The highest BCUT2D eigenvalue weighted by Crippen LogP contribution is 2.17. The van der Waals surface area contributed by atoms with Crippen LogP contribution >= 0.6 is 0 Å². The fourth-order valence-electron chi connectivity index (χ4n) is 2.59. The van der Waals surface area contributed by atoms with Gasteiger partial charge in [-0.15, -0.1) is 0 Å². The maximum Gasteiger partial charge on any atom is 0.321 e. The van der Waals surface area contributed by atoms with Gasteiger partial charge in [-0.3, -0.25) is 14.4 Å². The van der Waals surface area contributed by atoms with Gasteiger partial charge in [-0.2, -0.15) is 4.31 Å². The van der Waals surface area contributed by atoms with Gasteiger partial charge in [0.1, 0.15) is 6.54 Å². The van der Waals surface area contributed by atoms with Crippen LogP contribution in [0.25, 0.3) is 0 Å². The molecule has 10 heteroatoms. The summed E-state index contributed by atoms with van der Waals surface area (Å²) in [6.45, 7) is 0.691. The molecule has 0 aliphatic rings. The Bertz CT molecular complexity index is 1010. The molecule has 0 radical (unpaired) electrons. The second-order valence-corrected chi connectivity index (χ2v) is 8.76. The van der Waals surface area contributed by atoms with Gasteiger partial charge in [0.15, 0.2) is 6.61 Å². The van der Waals surface area contributed by atoms with E-state index in [2.05, 4.69) is 10.6 Å². The number of carbonyl (C=O) groups is 3. The van der Waals surface area contributed by atoms with Crippen molar-refractivity contribution in [2.24, 2.45) is 0 Å². The molecule has 0 unspecified atom stereocenters. The first kappa shape index (κ1) is 24.0. The summed E-state index contributed by atoms with van der Waals surface area (Å²) in [5.74, 6) is -1.60. The van der Waals surface area contributed by atoms with Crippen LogP contribution in [0.1, 0.15) is 12.5 Å². The molecule has 0 spiro atoms. The zero-order valence-corrected chi connectivity index (χ0v) is 18.1. The third-order valence-electron chi connectivity index (χ3n) is 4.18. The topological polar surface area (TPSA) is 122 Å². The lowest BCUT2D eigenvalue weighted by Crippen LogP contribution is -2.35. The molecule has 9 nitrogen and oxygen atoms in total. The van der Waals surface area contributed by atoms with Crippen molar-refractivity contribution in [1.29, 1.82) is 0 Å². The maximum absolute atomic E-state index is 12.6. The van der Waals surface area contributed by atoms with Gasteiger partial charge in [0.05, 0.1) is 4.90 Å². The van der Waals surface area contributed by atoms with E-state index in [4.69, 9.17) is 4.74 Å². The number of hydrogen-bond acceptors (Lipinski definition) is 6. The highest BCUT2D eigenvalue weighted by Gasteiger charge is 2.24. The number of ether oxygens (including phenoxy) is 1. The van der Waals surface area contributed by atoms with Gasteiger partial charge in [0.25, 0.3) is 5.91 Å². The Hall–Kier alpha value is -3.24. The Morgan fingerprint density at radius 2 is 1.65 bits per heavy atom. The minimum Gasteiger partial charge on any atom is -0.455 e. The minimum atomic E-state index is -3.94. The first-order chi connectivity index (χ1) is 14.7. The van der Waals surface area contributed by atoms with Crippen LogP contribution in [-0.2, 0) is 35.6 Å². The van der Waals surface area contributed by atoms with E-state index < -0.39 is 35.1 Å². The lowest BCUT2D eigenvalue weighted by atomic mass is 10.1. The van der Waals surface area contributed by atoms with Crippen molar-refractivity contribution >= 4 is 33.5 Å². The molecule has 2 amide bonds. The van der Waals surface area contributed by atoms with Gasteiger partial charge in [0.2, 0.25) is 15.9 Å². The molecule has 0 fully saturated rings. The van der Waals surface area contributed by atoms with E-state index in [9.17, 15) is 22.8 Å². The third-order valence-corrected chi connectivity index (χ3v) is 6.00. The quantitative estimate of drug-likeness (QED) is 0.527. The van der Waals surface area contributed by atoms with Crippen molar-refractivity contribution < 1.29 is 27.5 Å². The predicted molar refractivity (Wildman–Crippen MR) is 115 cm³/mol. The molecule has 2 rings (SSSR count). The van der Waals surface area contributed by atoms with Crippen molar-refractivity contribution in [3.05, 3.63) is 60.2 Å². The van der Waals surface area contributed by atoms with Crippen LogP contribution in [-0.4, -0.2) is 57.3 Å². The molecule has 0 aromatic heterocycles. The van der Waals surface area contributed by atoms with Crippen LogP contribution in [0.2, 0.25) is 0 Å². The maximum atomic E-state index is 12.6. The zero-order chi connectivity index (χ0) is 22.9. The summed E-state index contributed by atoms with van der Waals surface area (Å²) in [5, 5.41) is 5.17. The monoisotopic (exact) mass is 447 g/mol. The van der Waals surface area contributed by atoms with E-state index in [-0.39, 0.29) is 10.8 Å². The number of nitrogens with one attached hydrogen (secondary N) is 2. The summed E-state index contributed by atoms with van der Waals surface area (Å²) >= 11 is 0. The Labute approximate surface area is 181 Å². The molecule has 0 aliphatic carbocycles. The van der Waals surface area contributed by atoms with Crippen LogP contribution in [0.3, 0.4) is 0 Å². The van der Waals surface area contributed by atoms with Crippen LogP contribution in [0.15, 0.2) is 59.5 Å². The van der Waals surface area contributed by atoms with Crippen LogP contribution in [0.5, 0.6) is 0 Å². The number of nitrogens with zero attached hydrogens (tertiary/aromatic N) is 1. The number of carbonyl (C=O) groups excluding carboxylic acids is 3. The Kier molecular flexibility index (Phi) is 8.71. The Morgan fingerprint density at radius 3 is 2.26 bits per heavy atom. The lowest BCUT2D eigenvalue weighted by molar-refractivity contribution is -0.148. The summed E-state index contributed by atoms with van der Waals surface area (Å²) in [4.78, 5) is 34.7. The molecule has 0 atom stereocenters. The number of rotatable bonds is 10. The third kappa shape index (κ3) is 7.83. The summed E-state index contributed by atoms with van der Waals surface area (Å²) in [6.07, 6.45) is 0.641.